The Kier molecular flexibility index (Phi) is 5.88. The van der Waals surface area contributed by atoms with Gasteiger partial charge in [0, 0.05) is 45.3 Å². The molecular formula is C12H25N3O2. The number of likely N-dealkylation sites (N-methyl/N-ethyl adjacent to an activating group) is 1. The van der Waals surface area contributed by atoms with Gasteiger partial charge in [-0.05, 0) is 20.9 Å². The number of hydrogen-bond donors (Lipinski definition) is 1. The minimum Gasteiger partial charge on any atom is -0.480 e. The molecule has 0 amide bonds. The Morgan fingerprint density at radius 1 is 1.24 bits per heavy atom. The average molecular weight is 243 g/mol. The third kappa shape index (κ3) is 5.48. The van der Waals surface area contributed by atoms with Gasteiger partial charge in [0.2, 0.25) is 0 Å². The highest BCUT2D eigenvalue weighted by Gasteiger charge is 2.18. The van der Waals surface area contributed by atoms with Gasteiger partial charge in [-0.3, -0.25) is 14.6 Å². The third-order valence-electron chi connectivity index (χ3n) is 3.47. The number of carboxylic acid groups (broad SMARTS) is 1. The van der Waals surface area contributed by atoms with E-state index in [2.05, 4.69) is 30.7 Å². The van der Waals surface area contributed by atoms with Gasteiger partial charge in [0.25, 0.3) is 0 Å². The summed E-state index contributed by atoms with van der Waals surface area (Å²) < 4.78 is 0. The van der Waals surface area contributed by atoms with E-state index in [4.69, 9.17) is 5.11 Å². The van der Waals surface area contributed by atoms with Crippen molar-refractivity contribution in [3.63, 3.8) is 0 Å². The summed E-state index contributed by atoms with van der Waals surface area (Å²) >= 11 is 0. The molecule has 0 aromatic rings. The molecule has 1 fully saturated rings. The Bertz CT molecular complexity index is 238. The van der Waals surface area contributed by atoms with E-state index < -0.39 is 5.97 Å². The topological polar surface area (TPSA) is 47.0 Å². The predicted molar refractivity (Wildman–Crippen MR) is 68.3 cm³/mol. The second-order valence-corrected chi connectivity index (χ2v) is 5.09. The fraction of sp³-hybridized carbons (Fsp3) is 0.917. The van der Waals surface area contributed by atoms with Crippen LogP contribution in [0.5, 0.6) is 0 Å². The summed E-state index contributed by atoms with van der Waals surface area (Å²) in [5, 5.41) is 8.71. The zero-order chi connectivity index (χ0) is 12.8. The number of aliphatic carboxylic acids is 1. The van der Waals surface area contributed by atoms with Crippen molar-refractivity contribution in [3.8, 4) is 0 Å². The lowest BCUT2D eigenvalue weighted by atomic mass is 10.3. The van der Waals surface area contributed by atoms with E-state index >= 15 is 0 Å². The highest BCUT2D eigenvalue weighted by Crippen LogP contribution is 2.02. The molecule has 100 valence electrons. The normalized spacial score (nSPS) is 19.1. The van der Waals surface area contributed by atoms with Crippen molar-refractivity contribution in [1.82, 2.24) is 14.7 Å². The molecule has 0 radical (unpaired) electrons. The van der Waals surface area contributed by atoms with Gasteiger partial charge in [0.05, 0.1) is 6.54 Å². The smallest absolute Gasteiger partial charge is 0.317 e. The van der Waals surface area contributed by atoms with Crippen molar-refractivity contribution < 1.29 is 9.90 Å². The van der Waals surface area contributed by atoms with Crippen LogP contribution < -0.4 is 0 Å². The molecule has 0 spiro atoms. The maximum absolute atomic E-state index is 10.6. The summed E-state index contributed by atoms with van der Waals surface area (Å²) in [6, 6.07) is 0.586. The molecule has 0 atom stereocenters. The van der Waals surface area contributed by atoms with E-state index in [9.17, 15) is 4.79 Å². The minimum atomic E-state index is -0.724. The maximum atomic E-state index is 10.6. The van der Waals surface area contributed by atoms with Gasteiger partial charge in [0.15, 0.2) is 0 Å². The first kappa shape index (κ1) is 14.4. The molecule has 0 aromatic heterocycles. The first-order valence-corrected chi connectivity index (χ1v) is 6.35. The van der Waals surface area contributed by atoms with Crippen LogP contribution in [-0.4, -0.2) is 84.7 Å². The molecule has 5 heteroatoms. The molecule has 1 saturated heterocycles. The average Bonchev–Trinajstić information content (AvgIpc) is 2.26. The number of carbonyl (C=O) groups is 1. The summed E-state index contributed by atoms with van der Waals surface area (Å²) in [7, 11) is 2.14. The molecular weight excluding hydrogens is 218 g/mol. The molecule has 0 aliphatic carbocycles. The molecule has 1 aliphatic rings. The van der Waals surface area contributed by atoms with Gasteiger partial charge in [-0.25, -0.2) is 0 Å². The highest BCUT2D eigenvalue weighted by atomic mass is 16.4. The standard InChI is InChI=1S/C12H25N3O2/c1-11(2)13(3)4-5-14-6-8-15(9-7-14)10-12(16)17/h11H,4-10H2,1-3H3,(H,16,17). The SMILES string of the molecule is CC(C)N(C)CCN1CCN(CC(=O)O)CC1. The molecule has 0 unspecified atom stereocenters. The lowest BCUT2D eigenvalue weighted by Gasteiger charge is -2.35. The highest BCUT2D eigenvalue weighted by molar-refractivity contribution is 5.69. The van der Waals surface area contributed by atoms with Gasteiger partial charge in [-0.2, -0.15) is 0 Å². The number of hydrogen-bond acceptors (Lipinski definition) is 4. The predicted octanol–water partition coefficient (Wildman–Crippen LogP) is 0.0288. The Morgan fingerprint density at radius 2 is 1.76 bits per heavy atom. The van der Waals surface area contributed by atoms with Crippen LogP contribution in [0.2, 0.25) is 0 Å². The van der Waals surface area contributed by atoms with Crippen LogP contribution in [0.25, 0.3) is 0 Å². The molecule has 0 bridgehead atoms. The molecule has 17 heavy (non-hydrogen) atoms. The van der Waals surface area contributed by atoms with Gasteiger partial charge in [-0.15, -0.1) is 0 Å². The summed E-state index contributed by atoms with van der Waals surface area (Å²) in [4.78, 5) is 17.3. The van der Waals surface area contributed by atoms with Gasteiger partial charge in [-0.1, -0.05) is 0 Å². The second-order valence-electron chi connectivity index (χ2n) is 5.09. The lowest BCUT2D eigenvalue weighted by molar-refractivity contribution is -0.138. The van der Waals surface area contributed by atoms with Crippen molar-refractivity contribution in [3.05, 3.63) is 0 Å². The largest absolute Gasteiger partial charge is 0.480 e. The second kappa shape index (κ2) is 6.93. The van der Waals surface area contributed by atoms with Crippen molar-refractivity contribution >= 4 is 5.97 Å². The Morgan fingerprint density at radius 3 is 2.24 bits per heavy atom. The monoisotopic (exact) mass is 243 g/mol. The fourth-order valence-corrected chi connectivity index (χ4v) is 1.92. The number of rotatable bonds is 6. The van der Waals surface area contributed by atoms with Crippen LogP contribution >= 0.6 is 0 Å². The lowest BCUT2D eigenvalue weighted by Crippen LogP contribution is -2.49. The molecule has 1 rings (SSSR count). The van der Waals surface area contributed by atoms with Gasteiger partial charge in [0.1, 0.15) is 0 Å². The zero-order valence-electron chi connectivity index (χ0n) is 11.2. The molecule has 0 aromatic carbocycles. The molecule has 1 N–H and O–H groups in total. The number of piperazine rings is 1. The van der Waals surface area contributed by atoms with E-state index in [0.29, 0.717) is 6.04 Å². The quantitative estimate of drug-likeness (QED) is 0.713. The Hall–Kier alpha value is -0.650. The van der Waals surface area contributed by atoms with Crippen molar-refractivity contribution in [2.45, 2.75) is 19.9 Å². The van der Waals surface area contributed by atoms with E-state index in [1.807, 2.05) is 4.90 Å². The van der Waals surface area contributed by atoms with E-state index in [1.54, 1.807) is 0 Å². The van der Waals surface area contributed by atoms with Crippen LogP contribution in [0.15, 0.2) is 0 Å². The first-order valence-electron chi connectivity index (χ1n) is 6.35. The van der Waals surface area contributed by atoms with E-state index in [-0.39, 0.29) is 6.54 Å². The van der Waals surface area contributed by atoms with Crippen molar-refractivity contribution in [1.29, 1.82) is 0 Å². The van der Waals surface area contributed by atoms with E-state index in [1.165, 1.54) is 0 Å². The van der Waals surface area contributed by atoms with E-state index in [0.717, 1.165) is 39.3 Å². The minimum absolute atomic E-state index is 0.180. The first-order chi connectivity index (χ1) is 7.99. The van der Waals surface area contributed by atoms with Crippen LogP contribution in [0.4, 0.5) is 0 Å². The Balaban J connectivity index is 2.17. The van der Waals surface area contributed by atoms with Crippen LogP contribution in [0, 0.1) is 0 Å². The van der Waals surface area contributed by atoms with Crippen molar-refractivity contribution in [2.24, 2.45) is 0 Å². The fourth-order valence-electron chi connectivity index (χ4n) is 1.92. The third-order valence-corrected chi connectivity index (χ3v) is 3.47. The summed E-state index contributed by atoms with van der Waals surface area (Å²) in [6.45, 7) is 10.5. The Labute approximate surface area is 104 Å². The number of carboxylic acids is 1. The van der Waals surface area contributed by atoms with Gasteiger partial charge < -0.3 is 10.0 Å². The zero-order valence-corrected chi connectivity index (χ0v) is 11.2. The maximum Gasteiger partial charge on any atom is 0.317 e. The summed E-state index contributed by atoms with van der Waals surface area (Å²) in [6.07, 6.45) is 0. The molecule has 1 heterocycles. The molecule has 5 nitrogen and oxygen atoms in total. The van der Waals surface area contributed by atoms with Crippen molar-refractivity contribution in [2.75, 3.05) is 52.9 Å². The molecule has 1 aliphatic heterocycles. The van der Waals surface area contributed by atoms with Gasteiger partial charge >= 0.3 is 5.97 Å². The summed E-state index contributed by atoms with van der Waals surface area (Å²) in [5.74, 6) is -0.724. The summed E-state index contributed by atoms with van der Waals surface area (Å²) in [5.41, 5.74) is 0. The van der Waals surface area contributed by atoms with Crippen LogP contribution in [0.3, 0.4) is 0 Å². The molecule has 0 saturated carbocycles. The van der Waals surface area contributed by atoms with Crippen LogP contribution in [-0.2, 0) is 4.79 Å². The van der Waals surface area contributed by atoms with Crippen LogP contribution in [0.1, 0.15) is 13.8 Å². The number of nitrogens with zero attached hydrogens (tertiary/aromatic N) is 3.